The smallest absolute Gasteiger partial charge is 0.338 e. The molecule has 0 heterocycles. The van der Waals surface area contributed by atoms with Crippen LogP contribution in [0.3, 0.4) is 0 Å². The number of rotatable bonds is 5. The molecular formula is C18H19NO3S. The van der Waals surface area contributed by atoms with Crippen molar-refractivity contribution in [1.82, 2.24) is 0 Å². The fourth-order valence-electron chi connectivity index (χ4n) is 2.17. The summed E-state index contributed by atoms with van der Waals surface area (Å²) in [5, 5.41) is 2.89. The predicted molar refractivity (Wildman–Crippen MR) is 93.3 cm³/mol. The average Bonchev–Trinajstić information content (AvgIpc) is 2.56. The Morgan fingerprint density at radius 3 is 2.57 bits per heavy atom. The summed E-state index contributed by atoms with van der Waals surface area (Å²) in [6.45, 7) is 3.95. The monoisotopic (exact) mass is 329 g/mol. The minimum Gasteiger partial charge on any atom is -0.462 e. The van der Waals surface area contributed by atoms with E-state index in [2.05, 4.69) is 5.32 Å². The van der Waals surface area contributed by atoms with Gasteiger partial charge in [-0.15, -0.1) is 11.8 Å². The first kappa shape index (κ1) is 17.1. The van der Waals surface area contributed by atoms with Crippen molar-refractivity contribution >= 4 is 29.3 Å². The maximum atomic E-state index is 12.5. The molecule has 5 heteroatoms. The Morgan fingerprint density at radius 2 is 1.91 bits per heavy atom. The van der Waals surface area contributed by atoms with Crippen molar-refractivity contribution in [2.75, 3.05) is 18.2 Å². The fourth-order valence-corrected chi connectivity index (χ4v) is 2.76. The Labute approximate surface area is 140 Å². The summed E-state index contributed by atoms with van der Waals surface area (Å²) in [6, 6.07) is 12.5. The van der Waals surface area contributed by atoms with Crippen molar-refractivity contribution < 1.29 is 14.3 Å². The van der Waals surface area contributed by atoms with E-state index in [4.69, 9.17) is 4.74 Å². The number of hydrogen-bond donors (Lipinski definition) is 1. The van der Waals surface area contributed by atoms with Gasteiger partial charge < -0.3 is 10.1 Å². The number of amides is 1. The van der Waals surface area contributed by atoms with Gasteiger partial charge in [0.25, 0.3) is 5.91 Å². The molecule has 0 aliphatic rings. The molecule has 0 aliphatic heterocycles. The van der Waals surface area contributed by atoms with Gasteiger partial charge in [-0.2, -0.15) is 0 Å². The van der Waals surface area contributed by atoms with Crippen LogP contribution in [-0.2, 0) is 4.74 Å². The lowest BCUT2D eigenvalue weighted by Crippen LogP contribution is -2.14. The topological polar surface area (TPSA) is 55.4 Å². The van der Waals surface area contributed by atoms with Gasteiger partial charge in [0.15, 0.2) is 0 Å². The third-order valence-corrected chi connectivity index (χ3v) is 4.13. The molecule has 0 aromatic heterocycles. The van der Waals surface area contributed by atoms with E-state index in [1.807, 2.05) is 31.4 Å². The van der Waals surface area contributed by atoms with Crippen LogP contribution in [0.25, 0.3) is 0 Å². The van der Waals surface area contributed by atoms with Crippen LogP contribution < -0.4 is 5.32 Å². The van der Waals surface area contributed by atoms with E-state index in [-0.39, 0.29) is 11.9 Å². The van der Waals surface area contributed by atoms with Crippen molar-refractivity contribution in [2.45, 2.75) is 18.7 Å². The molecule has 0 unspecified atom stereocenters. The van der Waals surface area contributed by atoms with Gasteiger partial charge in [0.2, 0.25) is 0 Å². The van der Waals surface area contributed by atoms with Crippen LogP contribution in [0.15, 0.2) is 47.4 Å². The predicted octanol–water partition coefficient (Wildman–Crippen LogP) is 4.15. The van der Waals surface area contributed by atoms with E-state index in [1.54, 1.807) is 31.2 Å². The molecule has 0 saturated carbocycles. The highest BCUT2D eigenvalue weighted by atomic mass is 32.2. The number of aryl methyl sites for hydroxylation is 1. The molecule has 0 bridgehead atoms. The summed E-state index contributed by atoms with van der Waals surface area (Å²) in [4.78, 5) is 25.1. The molecule has 120 valence electrons. The first-order valence-corrected chi connectivity index (χ1v) is 8.51. The maximum absolute atomic E-state index is 12.5. The first-order chi connectivity index (χ1) is 11.1. The number of anilines is 1. The van der Waals surface area contributed by atoms with Crippen LogP contribution in [0.1, 0.15) is 33.2 Å². The number of carbonyl (C=O) groups excluding carboxylic acids is 2. The van der Waals surface area contributed by atoms with Gasteiger partial charge in [0.05, 0.1) is 17.7 Å². The molecular weight excluding hydrogens is 310 g/mol. The normalized spacial score (nSPS) is 10.2. The number of ether oxygens (including phenoxy) is 1. The van der Waals surface area contributed by atoms with Crippen molar-refractivity contribution in [3.05, 3.63) is 59.2 Å². The van der Waals surface area contributed by atoms with E-state index in [0.717, 1.165) is 10.5 Å². The van der Waals surface area contributed by atoms with Gasteiger partial charge in [0, 0.05) is 10.6 Å². The number of carbonyl (C=O) groups is 2. The molecule has 0 saturated heterocycles. The molecule has 1 N–H and O–H groups in total. The summed E-state index contributed by atoms with van der Waals surface area (Å²) in [5.74, 6) is -0.525. The largest absolute Gasteiger partial charge is 0.462 e. The van der Waals surface area contributed by atoms with Gasteiger partial charge in [-0.1, -0.05) is 12.1 Å². The number of esters is 1. The third kappa shape index (κ3) is 4.13. The van der Waals surface area contributed by atoms with Gasteiger partial charge in [-0.25, -0.2) is 4.79 Å². The standard InChI is InChI=1S/C18H19NO3S/c1-4-22-18(21)13-9-10-15(12(2)11-13)19-17(20)14-7-5-6-8-16(14)23-3/h5-11H,4H2,1-3H3,(H,19,20). The SMILES string of the molecule is CCOC(=O)c1ccc(NC(=O)c2ccccc2SC)c(C)c1. The Bertz CT molecular complexity index is 728. The lowest BCUT2D eigenvalue weighted by molar-refractivity contribution is 0.0526. The van der Waals surface area contributed by atoms with Crippen LogP contribution in [0.4, 0.5) is 5.69 Å². The molecule has 2 aromatic rings. The highest BCUT2D eigenvalue weighted by Crippen LogP contribution is 2.23. The second-order valence-electron chi connectivity index (χ2n) is 4.90. The lowest BCUT2D eigenvalue weighted by Gasteiger charge is -2.11. The van der Waals surface area contributed by atoms with Crippen LogP contribution >= 0.6 is 11.8 Å². The Kier molecular flexibility index (Phi) is 5.82. The fraction of sp³-hybridized carbons (Fsp3) is 0.222. The zero-order chi connectivity index (χ0) is 16.8. The second kappa shape index (κ2) is 7.83. The maximum Gasteiger partial charge on any atom is 0.338 e. The van der Waals surface area contributed by atoms with Crippen LogP contribution in [0.2, 0.25) is 0 Å². The lowest BCUT2D eigenvalue weighted by atomic mass is 10.1. The molecule has 1 amide bonds. The number of hydrogen-bond acceptors (Lipinski definition) is 4. The first-order valence-electron chi connectivity index (χ1n) is 7.29. The Morgan fingerprint density at radius 1 is 1.17 bits per heavy atom. The van der Waals surface area contributed by atoms with E-state index in [1.165, 1.54) is 11.8 Å². The van der Waals surface area contributed by atoms with E-state index >= 15 is 0 Å². The van der Waals surface area contributed by atoms with Crippen molar-refractivity contribution in [2.24, 2.45) is 0 Å². The number of nitrogens with one attached hydrogen (secondary N) is 1. The van der Waals surface area contributed by atoms with Crippen molar-refractivity contribution in [3.8, 4) is 0 Å². The second-order valence-corrected chi connectivity index (χ2v) is 5.75. The number of benzene rings is 2. The molecule has 0 aliphatic carbocycles. The van der Waals surface area contributed by atoms with Gasteiger partial charge in [-0.05, 0) is 56.0 Å². The summed E-state index contributed by atoms with van der Waals surface area (Å²) in [6.07, 6.45) is 1.94. The molecule has 23 heavy (non-hydrogen) atoms. The van der Waals surface area contributed by atoms with Gasteiger partial charge >= 0.3 is 5.97 Å². The molecule has 2 aromatic carbocycles. The molecule has 0 fully saturated rings. The Balaban J connectivity index is 2.20. The van der Waals surface area contributed by atoms with E-state index < -0.39 is 0 Å². The number of thioether (sulfide) groups is 1. The summed E-state index contributed by atoms with van der Waals surface area (Å²) >= 11 is 1.53. The van der Waals surface area contributed by atoms with Crippen molar-refractivity contribution in [1.29, 1.82) is 0 Å². The minimum atomic E-state index is -0.360. The van der Waals surface area contributed by atoms with E-state index in [9.17, 15) is 9.59 Å². The third-order valence-electron chi connectivity index (χ3n) is 3.34. The highest BCUT2D eigenvalue weighted by Gasteiger charge is 2.13. The average molecular weight is 329 g/mol. The molecule has 4 nitrogen and oxygen atoms in total. The highest BCUT2D eigenvalue weighted by molar-refractivity contribution is 7.98. The quantitative estimate of drug-likeness (QED) is 0.661. The van der Waals surface area contributed by atoms with Gasteiger partial charge in [-0.3, -0.25) is 4.79 Å². The molecule has 0 radical (unpaired) electrons. The van der Waals surface area contributed by atoms with Crippen LogP contribution in [-0.4, -0.2) is 24.7 Å². The summed E-state index contributed by atoms with van der Waals surface area (Å²) in [5.41, 5.74) is 2.60. The van der Waals surface area contributed by atoms with Crippen LogP contribution in [0.5, 0.6) is 0 Å². The minimum absolute atomic E-state index is 0.165. The van der Waals surface area contributed by atoms with Gasteiger partial charge in [0.1, 0.15) is 0 Å². The zero-order valence-corrected chi connectivity index (χ0v) is 14.2. The molecule has 0 spiro atoms. The summed E-state index contributed by atoms with van der Waals surface area (Å²) < 4.78 is 4.97. The Hall–Kier alpha value is -2.27. The van der Waals surface area contributed by atoms with E-state index in [0.29, 0.717) is 23.4 Å². The zero-order valence-electron chi connectivity index (χ0n) is 13.4. The van der Waals surface area contributed by atoms with Crippen LogP contribution in [0, 0.1) is 6.92 Å². The molecule has 2 rings (SSSR count). The summed E-state index contributed by atoms with van der Waals surface area (Å²) in [7, 11) is 0. The van der Waals surface area contributed by atoms with Crippen molar-refractivity contribution in [3.63, 3.8) is 0 Å². The molecule has 0 atom stereocenters.